The molecule has 0 aromatic heterocycles. The molecule has 1 saturated heterocycles. The minimum Gasteiger partial charge on any atom is -0.493 e. The zero-order valence-electron chi connectivity index (χ0n) is 13.1. The first-order valence-electron chi connectivity index (χ1n) is 6.94. The molecule has 3 amide bonds. The summed E-state index contributed by atoms with van der Waals surface area (Å²) in [7, 11) is 4.35. The molecule has 2 rings (SSSR count). The highest BCUT2D eigenvalue weighted by Gasteiger charge is 2.28. The van der Waals surface area contributed by atoms with Gasteiger partial charge in [-0.1, -0.05) is 0 Å². The van der Waals surface area contributed by atoms with Crippen LogP contribution in [0.2, 0.25) is 0 Å². The van der Waals surface area contributed by atoms with Crippen molar-refractivity contribution in [1.82, 2.24) is 10.6 Å². The van der Waals surface area contributed by atoms with E-state index in [0.29, 0.717) is 17.2 Å². The predicted octanol–water partition coefficient (Wildman–Crippen LogP) is 0.247. The zero-order valence-corrected chi connectivity index (χ0v) is 13.1. The SMILES string of the molecule is COc1cc(C(=O)NC2CCC(=O)NC2=O)cc(OC)c1OC. The van der Waals surface area contributed by atoms with E-state index in [-0.39, 0.29) is 24.3 Å². The summed E-state index contributed by atoms with van der Waals surface area (Å²) >= 11 is 0. The molecule has 1 aromatic rings. The summed E-state index contributed by atoms with van der Waals surface area (Å²) in [6, 6.07) is 2.23. The van der Waals surface area contributed by atoms with E-state index in [0.717, 1.165) is 0 Å². The van der Waals surface area contributed by atoms with Crippen LogP contribution in [-0.4, -0.2) is 45.1 Å². The van der Waals surface area contributed by atoms with Crippen LogP contribution in [0.15, 0.2) is 12.1 Å². The molecule has 1 fully saturated rings. The second kappa shape index (κ2) is 6.99. The van der Waals surface area contributed by atoms with Crippen LogP contribution in [-0.2, 0) is 9.59 Å². The predicted molar refractivity (Wildman–Crippen MR) is 79.7 cm³/mol. The lowest BCUT2D eigenvalue weighted by molar-refractivity contribution is -0.134. The van der Waals surface area contributed by atoms with Crippen LogP contribution in [0.25, 0.3) is 0 Å². The lowest BCUT2D eigenvalue weighted by Crippen LogP contribution is -2.52. The van der Waals surface area contributed by atoms with Crippen LogP contribution < -0.4 is 24.8 Å². The molecule has 8 nitrogen and oxygen atoms in total. The first-order chi connectivity index (χ1) is 11.0. The van der Waals surface area contributed by atoms with Gasteiger partial charge in [0.25, 0.3) is 5.91 Å². The molecule has 0 saturated carbocycles. The van der Waals surface area contributed by atoms with Crippen molar-refractivity contribution in [3.8, 4) is 17.2 Å². The van der Waals surface area contributed by atoms with Gasteiger partial charge in [-0.3, -0.25) is 19.7 Å². The van der Waals surface area contributed by atoms with E-state index < -0.39 is 17.9 Å². The molecule has 1 aromatic carbocycles. The van der Waals surface area contributed by atoms with E-state index in [1.165, 1.54) is 33.5 Å². The van der Waals surface area contributed by atoms with E-state index in [1.54, 1.807) is 0 Å². The lowest BCUT2D eigenvalue weighted by Gasteiger charge is -2.22. The molecule has 1 heterocycles. The fraction of sp³-hybridized carbons (Fsp3) is 0.400. The Kier molecular flexibility index (Phi) is 5.05. The number of imide groups is 1. The maximum absolute atomic E-state index is 12.3. The summed E-state index contributed by atoms with van der Waals surface area (Å²) in [6.45, 7) is 0. The summed E-state index contributed by atoms with van der Waals surface area (Å²) in [4.78, 5) is 35.2. The Labute approximate surface area is 133 Å². The smallest absolute Gasteiger partial charge is 0.252 e. The summed E-state index contributed by atoms with van der Waals surface area (Å²) in [5, 5.41) is 4.78. The van der Waals surface area contributed by atoms with E-state index >= 15 is 0 Å². The molecule has 2 N–H and O–H groups in total. The van der Waals surface area contributed by atoms with E-state index in [4.69, 9.17) is 14.2 Å². The van der Waals surface area contributed by atoms with Crippen molar-refractivity contribution < 1.29 is 28.6 Å². The lowest BCUT2D eigenvalue weighted by atomic mass is 10.1. The molecule has 8 heteroatoms. The topological polar surface area (TPSA) is 103 Å². The number of piperidine rings is 1. The van der Waals surface area contributed by atoms with Crippen molar-refractivity contribution in [1.29, 1.82) is 0 Å². The molecule has 0 bridgehead atoms. The highest BCUT2D eigenvalue weighted by molar-refractivity contribution is 6.04. The fourth-order valence-electron chi connectivity index (χ4n) is 2.29. The molecule has 23 heavy (non-hydrogen) atoms. The average Bonchev–Trinajstić information content (AvgIpc) is 2.55. The summed E-state index contributed by atoms with van der Waals surface area (Å²) in [6.07, 6.45) is 0.451. The Hall–Kier alpha value is -2.77. The van der Waals surface area contributed by atoms with Gasteiger partial charge >= 0.3 is 0 Å². The first-order valence-corrected chi connectivity index (χ1v) is 6.94. The fourth-order valence-corrected chi connectivity index (χ4v) is 2.29. The second-order valence-electron chi connectivity index (χ2n) is 4.89. The van der Waals surface area contributed by atoms with Gasteiger partial charge in [0.1, 0.15) is 6.04 Å². The highest BCUT2D eigenvalue weighted by Crippen LogP contribution is 2.38. The molecule has 124 valence electrons. The van der Waals surface area contributed by atoms with Crippen molar-refractivity contribution in [3.63, 3.8) is 0 Å². The Morgan fingerprint density at radius 1 is 1.13 bits per heavy atom. The molecule has 0 spiro atoms. The number of amides is 3. The van der Waals surface area contributed by atoms with Gasteiger partial charge in [-0.15, -0.1) is 0 Å². The third-order valence-corrected chi connectivity index (χ3v) is 3.47. The van der Waals surface area contributed by atoms with Gasteiger partial charge in [0.2, 0.25) is 17.6 Å². The van der Waals surface area contributed by atoms with E-state index in [9.17, 15) is 14.4 Å². The second-order valence-corrected chi connectivity index (χ2v) is 4.89. The summed E-state index contributed by atoms with van der Waals surface area (Å²) in [5.41, 5.74) is 0.254. The average molecular weight is 322 g/mol. The Morgan fingerprint density at radius 3 is 2.22 bits per heavy atom. The highest BCUT2D eigenvalue weighted by atomic mass is 16.5. The standard InChI is InChI=1S/C15H18N2O6/c1-21-10-6-8(7-11(22-2)13(10)23-3)14(19)16-9-4-5-12(18)17-15(9)20/h6-7,9H,4-5H2,1-3H3,(H,16,19)(H,17,18,20). The van der Waals surface area contributed by atoms with Crippen LogP contribution in [0.5, 0.6) is 17.2 Å². The van der Waals surface area contributed by atoms with Crippen molar-refractivity contribution in [2.24, 2.45) is 0 Å². The van der Waals surface area contributed by atoms with Gasteiger partial charge in [-0.05, 0) is 18.6 Å². The van der Waals surface area contributed by atoms with Gasteiger partial charge in [0, 0.05) is 12.0 Å². The van der Waals surface area contributed by atoms with Crippen LogP contribution in [0.4, 0.5) is 0 Å². The van der Waals surface area contributed by atoms with Gasteiger partial charge in [0.05, 0.1) is 21.3 Å². The Balaban J connectivity index is 2.22. The number of ether oxygens (including phenoxy) is 3. The van der Waals surface area contributed by atoms with Crippen molar-refractivity contribution in [2.75, 3.05) is 21.3 Å². The number of nitrogens with one attached hydrogen (secondary N) is 2. The third kappa shape index (κ3) is 3.53. The number of benzene rings is 1. The van der Waals surface area contributed by atoms with Gasteiger partial charge < -0.3 is 19.5 Å². The number of carbonyl (C=O) groups is 3. The van der Waals surface area contributed by atoms with Gasteiger partial charge in [-0.25, -0.2) is 0 Å². The van der Waals surface area contributed by atoms with Crippen LogP contribution in [0.1, 0.15) is 23.2 Å². The normalized spacial score (nSPS) is 17.3. The van der Waals surface area contributed by atoms with Gasteiger partial charge in [0.15, 0.2) is 11.5 Å². The number of rotatable bonds is 5. The monoisotopic (exact) mass is 322 g/mol. The first kappa shape index (κ1) is 16.6. The van der Waals surface area contributed by atoms with Crippen LogP contribution >= 0.6 is 0 Å². The maximum atomic E-state index is 12.3. The van der Waals surface area contributed by atoms with Crippen LogP contribution in [0, 0.1) is 0 Å². The number of hydrogen-bond donors (Lipinski definition) is 2. The quantitative estimate of drug-likeness (QED) is 0.753. The van der Waals surface area contributed by atoms with Gasteiger partial charge in [-0.2, -0.15) is 0 Å². The van der Waals surface area contributed by atoms with E-state index in [2.05, 4.69) is 10.6 Å². The minimum absolute atomic E-state index is 0.186. The zero-order chi connectivity index (χ0) is 17.0. The maximum Gasteiger partial charge on any atom is 0.252 e. The molecule has 1 aliphatic heterocycles. The minimum atomic E-state index is -0.751. The van der Waals surface area contributed by atoms with E-state index in [1.807, 2.05) is 0 Å². The Bertz CT molecular complexity index is 618. The number of methoxy groups -OCH3 is 3. The summed E-state index contributed by atoms with van der Waals surface area (Å²) in [5.74, 6) is -0.290. The third-order valence-electron chi connectivity index (χ3n) is 3.47. The number of carbonyl (C=O) groups excluding carboxylic acids is 3. The molecular weight excluding hydrogens is 304 g/mol. The van der Waals surface area contributed by atoms with Crippen molar-refractivity contribution >= 4 is 17.7 Å². The number of hydrogen-bond acceptors (Lipinski definition) is 6. The Morgan fingerprint density at radius 2 is 1.74 bits per heavy atom. The summed E-state index contributed by atoms with van der Waals surface area (Å²) < 4.78 is 15.6. The molecule has 0 radical (unpaired) electrons. The molecule has 1 aliphatic rings. The largest absolute Gasteiger partial charge is 0.493 e. The van der Waals surface area contributed by atoms with Crippen molar-refractivity contribution in [2.45, 2.75) is 18.9 Å². The molecule has 1 atom stereocenters. The van der Waals surface area contributed by atoms with Crippen LogP contribution in [0.3, 0.4) is 0 Å². The molecule has 1 unspecified atom stereocenters. The van der Waals surface area contributed by atoms with Crippen molar-refractivity contribution in [3.05, 3.63) is 17.7 Å². The molecular formula is C15H18N2O6. The molecule has 0 aliphatic carbocycles.